The molecule has 0 aliphatic carbocycles. The van der Waals surface area contributed by atoms with Crippen molar-refractivity contribution in [3.05, 3.63) is 35.9 Å². The summed E-state index contributed by atoms with van der Waals surface area (Å²) in [4.78, 5) is 2.58. The molecule has 0 bridgehead atoms. The van der Waals surface area contributed by atoms with Gasteiger partial charge < -0.3 is 5.73 Å². The van der Waals surface area contributed by atoms with Gasteiger partial charge in [-0.05, 0) is 31.6 Å². The number of thioether (sulfide) groups is 1. The summed E-state index contributed by atoms with van der Waals surface area (Å²) < 4.78 is 0.326. The predicted octanol–water partition coefficient (Wildman–Crippen LogP) is 2.90. The number of likely N-dealkylation sites (tertiary alicyclic amines) is 1. The van der Waals surface area contributed by atoms with Gasteiger partial charge in [-0.25, -0.2) is 0 Å². The highest BCUT2D eigenvalue weighted by Gasteiger charge is 2.33. The van der Waals surface area contributed by atoms with E-state index in [0.29, 0.717) is 10.8 Å². The molecule has 1 unspecified atom stereocenters. The number of hydrogen-bond donors (Lipinski definition) is 1. The summed E-state index contributed by atoms with van der Waals surface area (Å²) in [5.41, 5.74) is 7.36. The molecule has 1 aliphatic heterocycles. The highest BCUT2D eigenvalue weighted by Crippen LogP contribution is 2.36. The van der Waals surface area contributed by atoms with Gasteiger partial charge in [-0.15, -0.1) is 0 Å². The Hall–Kier alpha value is -0.510. The normalized spacial score (nSPS) is 21.7. The van der Waals surface area contributed by atoms with Crippen LogP contribution < -0.4 is 5.73 Å². The van der Waals surface area contributed by atoms with E-state index in [9.17, 15) is 0 Å². The minimum atomic E-state index is 0.326. The molecule has 2 nitrogen and oxygen atoms in total. The van der Waals surface area contributed by atoms with Crippen LogP contribution in [0, 0.1) is 0 Å². The van der Waals surface area contributed by atoms with Crippen molar-refractivity contribution in [3.63, 3.8) is 0 Å². The lowest BCUT2D eigenvalue weighted by atomic mass is 9.93. The summed E-state index contributed by atoms with van der Waals surface area (Å²) in [6.07, 6.45) is 4.62. The minimum absolute atomic E-state index is 0.326. The maximum absolute atomic E-state index is 5.94. The van der Waals surface area contributed by atoms with Crippen molar-refractivity contribution in [1.82, 2.24) is 4.90 Å². The molecular weight excluding hydrogens is 240 g/mol. The first-order chi connectivity index (χ1) is 8.71. The van der Waals surface area contributed by atoms with E-state index in [1.54, 1.807) is 0 Å². The van der Waals surface area contributed by atoms with Crippen molar-refractivity contribution in [2.75, 3.05) is 25.9 Å². The van der Waals surface area contributed by atoms with Gasteiger partial charge in [0.2, 0.25) is 0 Å². The van der Waals surface area contributed by atoms with E-state index in [4.69, 9.17) is 5.73 Å². The Morgan fingerprint density at radius 3 is 2.39 bits per heavy atom. The highest BCUT2D eigenvalue weighted by atomic mass is 32.2. The molecule has 2 N–H and O–H groups in total. The molecule has 3 heteroatoms. The Morgan fingerprint density at radius 1 is 1.28 bits per heavy atom. The van der Waals surface area contributed by atoms with Crippen molar-refractivity contribution in [3.8, 4) is 0 Å². The lowest BCUT2D eigenvalue weighted by Crippen LogP contribution is -2.47. The molecule has 1 aliphatic rings. The van der Waals surface area contributed by atoms with Gasteiger partial charge in [0.25, 0.3) is 0 Å². The quantitative estimate of drug-likeness (QED) is 0.906. The largest absolute Gasteiger partial charge is 0.329 e. The van der Waals surface area contributed by atoms with Gasteiger partial charge in [-0.3, -0.25) is 4.90 Å². The molecule has 0 aromatic heterocycles. The topological polar surface area (TPSA) is 29.3 Å². The first-order valence-electron chi connectivity index (χ1n) is 6.75. The second-order valence-electron chi connectivity index (χ2n) is 5.21. The number of piperidine rings is 1. The summed E-state index contributed by atoms with van der Waals surface area (Å²) in [5, 5.41) is 0. The van der Waals surface area contributed by atoms with Crippen LogP contribution in [0.5, 0.6) is 0 Å². The highest BCUT2D eigenvalue weighted by molar-refractivity contribution is 8.00. The Morgan fingerprint density at radius 2 is 1.89 bits per heavy atom. The fraction of sp³-hybridized carbons (Fsp3) is 0.600. The monoisotopic (exact) mass is 264 g/mol. The molecule has 0 amide bonds. The van der Waals surface area contributed by atoms with E-state index < -0.39 is 0 Å². The Bertz CT molecular complexity index is 352. The predicted molar refractivity (Wildman–Crippen MR) is 81.0 cm³/mol. The van der Waals surface area contributed by atoms with Crippen molar-refractivity contribution < 1.29 is 0 Å². The molecule has 0 radical (unpaired) electrons. The molecule has 100 valence electrons. The standard InChI is InChI=1S/C15H24N2S/c1-13(14-6-4-3-5-7-14)17-10-8-15(12-16,18-2)9-11-17/h3-7,13H,8-12,16H2,1-2H3. The molecule has 1 aromatic carbocycles. The first kappa shape index (κ1) is 13.9. The number of benzene rings is 1. The zero-order valence-corrected chi connectivity index (χ0v) is 12.2. The fourth-order valence-electron chi connectivity index (χ4n) is 2.75. The van der Waals surface area contributed by atoms with Crippen LogP contribution in [0.3, 0.4) is 0 Å². The average molecular weight is 264 g/mol. The van der Waals surface area contributed by atoms with Gasteiger partial charge in [0, 0.05) is 30.4 Å². The van der Waals surface area contributed by atoms with Crippen molar-refractivity contribution >= 4 is 11.8 Å². The SMILES string of the molecule is CSC1(CN)CCN(C(C)c2ccccc2)CC1. The maximum atomic E-state index is 5.94. The second-order valence-corrected chi connectivity index (χ2v) is 6.49. The lowest BCUT2D eigenvalue weighted by molar-refractivity contribution is 0.155. The van der Waals surface area contributed by atoms with E-state index in [1.165, 1.54) is 18.4 Å². The van der Waals surface area contributed by atoms with Crippen molar-refractivity contribution in [2.24, 2.45) is 5.73 Å². The molecule has 1 heterocycles. The van der Waals surface area contributed by atoms with Crippen LogP contribution in [0.1, 0.15) is 31.4 Å². The first-order valence-corrected chi connectivity index (χ1v) is 7.97. The summed E-state index contributed by atoms with van der Waals surface area (Å²) in [7, 11) is 0. The smallest absolute Gasteiger partial charge is 0.0319 e. The summed E-state index contributed by atoms with van der Waals surface area (Å²) in [5.74, 6) is 0. The van der Waals surface area contributed by atoms with Gasteiger partial charge in [0.05, 0.1) is 0 Å². The molecule has 1 fully saturated rings. The van der Waals surface area contributed by atoms with Crippen LogP contribution in [0.2, 0.25) is 0 Å². The Balaban J connectivity index is 1.98. The summed E-state index contributed by atoms with van der Waals surface area (Å²) in [6, 6.07) is 11.3. The maximum Gasteiger partial charge on any atom is 0.0319 e. The summed E-state index contributed by atoms with van der Waals surface area (Å²) >= 11 is 1.95. The zero-order chi connectivity index (χ0) is 13.0. The third kappa shape index (κ3) is 2.90. The average Bonchev–Trinajstić information content (AvgIpc) is 2.47. The molecule has 1 atom stereocenters. The molecule has 18 heavy (non-hydrogen) atoms. The van der Waals surface area contributed by atoms with Gasteiger partial charge in [-0.1, -0.05) is 30.3 Å². The van der Waals surface area contributed by atoms with E-state index >= 15 is 0 Å². The molecular formula is C15H24N2S. The van der Waals surface area contributed by atoms with Gasteiger partial charge >= 0.3 is 0 Å². The van der Waals surface area contributed by atoms with Crippen LogP contribution in [-0.4, -0.2) is 35.5 Å². The third-order valence-electron chi connectivity index (χ3n) is 4.34. The lowest BCUT2D eigenvalue weighted by Gasteiger charge is -2.42. The van der Waals surface area contributed by atoms with Crippen LogP contribution in [-0.2, 0) is 0 Å². The minimum Gasteiger partial charge on any atom is -0.329 e. The molecule has 1 saturated heterocycles. The Kier molecular flexibility index (Phi) is 4.71. The van der Waals surface area contributed by atoms with Crippen molar-refractivity contribution in [1.29, 1.82) is 0 Å². The van der Waals surface area contributed by atoms with Gasteiger partial charge in [0.1, 0.15) is 0 Å². The Labute approximate surface area is 115 Å². The van der Waals surface area contributed by atoms with Crippen LogP contribution in [0.15, 0.2) is 30.3 Å². The van der Waals surface area contributed by atoms with E-state index in [0.717, 1.165) is 19.6 Å². The van der Waals surface area contributed by atoms with E-state index in [1.807, 2.05) is 11.8 Å². The van der Waals surface area contributed by atoms with Crippen LogP contribution in [0.25, 0.3) is 0 Å². The second kappa shape index (κ2) is 6.09. The molecule has 2 rings (SSSR count). The fourth-order valence-corrected chi connectivity index (χ4v) is 3.51. The number of nitrogens with zero attached hydrogens (tertiary/aromatic N) is 1. The molecule has 0 saturated carbocycles. The van der Waals surface area contributed by atoms with Gasteiger partial charge in [0.15, 0.2) is 0 Å². The van der Waals surface area contributed by atoms with E-state index in [2.05, 4.69) is 48.4 Å². The van der Waals surface area contributed by atoms with Crippen molar-refractivity contribution in [2.45, 2.75) is 30.6 Å². The third-order valence-corrected chi connectivity index (χ3v) is 5.78. The van der Waals surface area contributed by atoms with Gasteiger partial charge in [-0.2, -0.15) is 11.8 Å². The number of rotatable bonds is 4. The van der Waals surface area contributed by atoms with Crippen LogP contribution in [0.4, 0.5) is 0 Å². The summed E-state index contributed by atoms with van der Waals surface area (Å²) in [6.45, 7) is 5.44. The zero-order valence-electron chi connectivity index (χ0n) is 11.4. The molecule has 0 spiro atoms. The number of nitrogens with two attached hydrogens (primary N) is 1. The molecule has 1 aromatic rings. The number of hydrogen-bond acceptors (Lipinski definition) is 3. The van der Waals surface area contributed by atoms with E-state index in [-0.39, 0.29) is 0 Å². The van der Waals surface area contributed by atoms with Crippen LogP contribution >= 0.6 is 11.8 Å².